The summed E-state index contributed by atoms with van der Waals surface area (Å²) in [7, 11) is 1.95. The number of rotatable bonds is 14. The molecule has 0 radical (unpaired) electrons. The second kappa shape index (κ2) is 18.1. The first kappa shape index (κ1) is 41.8. The molecule has 11 atom stereocenters. The zero-order valence-corrected chi connectivity index (χ0v) is 37.8. The maximum Gasteiger partial charge on any atom is 0.0566 e. The number of hydrogen-bond donors (Lipinski definition) is 0. The van der Waals surface area contributed by atoms with Crippen molar-refractivity contribution >= 4 is 0 Å². The Labute approximate surface area is 355 Å². The SMILES string of the molecule is CCC1(COCCC2CCC3C(C2)C2CCCCC2N3C2CCC(C3CCC(N4C5CCCCC5C5CC(C(COC)C6(CC)COC6)CCC54)CC3)CC2)COC1. The molecule has 0 amide bonds. The lowest BCUT2D eigenvalue weighted by molar-refractivity contribution is -0.176. The molecule has 10 aliphatic rings. The highest BCUT2D eigenvalue weighted by Crippen LogP contribution is 2.57. The van der Waals surface area contributed by atoms with Crippen LogP contribution in [0.4, 0.5) is 0 Å². The van der Waals surface area contributed by atoms with E-state index in [-0.39, 0.29) is 0 Å². The fraction of sp³-hybridized carbons (Fsp3) is 1.00. The second-order valence-corrected chi connectivity index (χ2v) is 23.2. The molecule has 0 bridgehead atoms. The molecule has 0 spiro atoms. The lowest BCUT2D eigenvalue weighted by Gasteiger charge is -2.52. The Bertz CT molecular complexity index is 1310. The lowest BCUT2D eigenvalue weighted by atomic mass is 9.60. The molecule has 10 fully saturated rings. The smallest absolute Gasteiger partial charge is 0.0566 e. The Morgan fingerprint density at radius 1 is 0.569 bits per heavy atom. The summed E-state index contributed by atoms with van der Waals surface area (Å²) in [4.78, 5) is 6.53. The first-order valence-corrected chi connectivity index (χ1v) is 26.3. The van der Waals surface area contributed by atoms with E-state index >= 15 is 0 Å². The molecule has 330 valence electrons. The molecule has 4 heterocycles. The first-order chi connectivity index (χ1) is 28.5. The highest BCUT2D eigenvalue weighted by Gasteiger charge is 2.57. The minimum atomic E-state index is 0.326. The Hall–Kier alpha value is -0.240. The van der Waals surface area contributed by atoms with E-state index in [4.69, 9.17) is 18.9 Å². The number of fused-ring (bicyclic) bond motifs is 6. The quantitative estimate of drug-likeness (QED) is 0.163. The van der Waals surface area contributed by atoms with E-state index in [2.05, 4.69) is 23.6 Å². The van der Waals surface area contributed by atoms with Crippen molar-refractivity contribution in [1.29, 1.82) is 0 Å². The van der Waals surface area contributed by atoms with Crippen molar-refractivity contribution in [2.75, 3.05) is 53.4 Å². The molecule has 6 aliphatic carbocycles. The molecule has 10 rings (SSSR count). The van der Waals surface area contributed by atoms with Gasteiger partial charge in [0, 0.05) is 67.4 Å². The third-order valence-corrected chi connectivity index (χ3v) is 20.9. The molecular weight excluding hydrogens is 717 g/mol. The van der Waals surface area contributed by atoms with Gasteiger partial charge in [-0.1, -0.05) is 39.5 Å². The largest absolute Gasteiger partial charge is 0.384 e. The summed E-state index contributed by atoms with van der Waals surface area (Å²) < 4.78 is 23.8. The lowest BCUT2D eigenvalue weighted by Crippen LogP contribution is -2.54. The van der Waals surface area contributed by atoms with Crippen LogP contribution in [0, 0.1) is 64.1 Å². The molecule has 4 aliphatic heterocycles. The predicted octanol–water partition coefficient (Wildman–Crippen LogP) is 10.9. The summed E-state index contributed by atoms with van der Waals surface area (Å²) in [5.41, 5.74) is 0.705. The molecule has 0 aromatic carbocycles. The van der Waals surface area contributed by atoms with Crippen LogP contribution in [0.25, 0.3) is 0 Å². The van der Waals surface area contributed by atoms with Gasteiger partial charge in [-0.3, -0.25) is 9.80 Å². The average Bonchev–Trinajstić information content (AvgIpc) is 3.75. The summed E-state index contributed by atoms with van der Waals surface area (Å²) in [6.45, 7) is 11.3. The van der Waals surface area contributed by atoms with Crippen LogP contribution in [0.1, 0.15) is 174 Å². The summed E-state index contributed by atoms with van der Waals surface area (Å²) in [5.74, 6) is 8.31. The highest BCUT2D eigenvalue weighted by molar-refractivity contribution is 5.09. The molecule has 11 unspecified atom stereocenters. The van der Waals surface area contributed by atoms with Crippen molar-refractivity contribution < 1.29 is 18.9 Å². The second-order valence-electron chi connectivity index (χ2n) is 23.2. The van der Waals surface area contributed by atoms with E-state index in [1.165, 1.54) is 161 Å². The molecule has 6 saturated carbocycles. The van der Waals surface area contributed by atoms with E-state index in [0.29, 0.717) is 16.7 Å². The van der Waals surface area contributed by atoms with Gasteiger partial charge in [0.1, 0.15) is 0 Å². The van der Waals surface area contributed by atoms with Crippen molar-refractivity contribution in [3.8, 4) is 0 Å². The predicted molar refractivity (Wildman–Crippen MR) is 234 cm³/mol. The van der Waals surface area contributed by atoms with E-state index in [1.54, 1.807) is 0 Å². The van der Waals surface area contributed by atoms with Gasteiger partial charge in [-0.05, 0) is 188 Å². The summed E-state index contributed by atoms with van der Waals surface area (Å²) >= 11 is 0. The van der Waals surface area contributed by atoms with Gasteiger partial charge in [-0.2, -0.15) is 0 Å². The van der Waals surface area contributed by atoms with Crippen LogP contribution in [0.15, 0.2) is 0 Å². The zero-order chi connectivity index (χ0) is 39.3. The molecule has 58 heavy (non-hydrogen) atoms. The maximum absolute atomic E-state index is 6.34. The van der Waals surface area contributed by atoms with Crippen molar-refractivity contribution in [3.63, 3.8) is 0 Å². The van der Waals surface area contributed by atoms with Crippen LogP contribution in [-0.4, -0.2) is 99.4 Å². The molecule has 0 N–H and O–H groups in total. The Morgan fingerprint density at radius 2 is 1.12 bits per heavy atom. The van der Waals surface area contributed by atoms with Gasteiger partial charge in [0.05, 0.1) is 33.0 Å². The molecule has 6 nitrogen and oxygen atoms in total. The van der Waals surface area contributed by atoms with E-state index in [0.717, 1.165) is 130 Å². The third kappa shape index (κ3) is 7.76. The fourth-order valence-electron chi connectivity index (χ4n) is 17.5. The molecule has 4 saturated heterocycles. The number of methoxy groups -OCH3 is 1. The van der Waals surface area contributed by atoms with Crippen LogP contribution in [0.3, 0.4) is 0 Å². The monoisotopic (exact) mass is 805 g/mol. The van der Waals surface area contributed by atoms with Gasteiger partial charge < -0.3 is 18.9 Å². The topological polar surface area (TPSA) is 43.4 Å². The zero-order valence-electron chi connectivity index (χ0n) is 37.8. The van der Waals surface area contributed by atoms with Gasteiger partial charge in [0.15, 0.2) is 0 Å². The van der Waals surface area contributed by atoms with Crippen LogP contribution in [0.5, 0.6) is 0 Å². The van der Waals surface area contributed by atoms with Gasteiger partial charge >= 0.3 is 0 Å². The number of ether oxygens (including phenoxy) is 4. The van der Waals surface area contributed by atoms with Gasteiger partial charge in [0.25, 0.3) is 0 Å². The third-order valence-electron chi connectivity index (χ3n) is 20.9. The molecule has 0 aromatic heterocycles. The van der Waals surface area contributed by atoms with E-state index < -0.39 is 0 Å². The number of nitrogens with zero attached hydrogens (tertiary/aromatic N) is 2. The first-order valence-electron chi connectivity index (χ1n) is 26.3. The van der Waals surface area contributed by atoms with Crippen LogP contribution < -0.4 is 0 Å². The summed E-state index contributed by atoms with van der Waals surface area (Å²) in [5, 5.41) is 0. The fourth-order valence-corrected chi connectivity index (χ4v) is 17.5. The van der Waals surface area contributed by atoms with Crippen molar-refractivity contribution in [2.45, 2.75) is 211 Å². The Morgan fingerprint density at radius 3 is 1.64 bits per heavy atom. The van der Waals surface area contributed by atoms with Crippen molar-refractivity contribution in [2.24, 2.45) is 64.1 Å². The van der Waals surface area contributed by atoms with E-state index in [9.17, 15) is 0 Å². The molecule has 6 heteroatoms. The normalized spacial score (nSPS) is 45.6. The number of hydrogen-bond acceptors (Lipinski definition) is 6. The van der Waals surface area contributed by atoms with Crippen LogP contribution in [-0.2, 0) is 18.9 Å². The van der Waals surface area contributed by atoms with Gasteiger partial charge in [-0.15, -0.1) is 0 Å². The Balaban J connectivity index is 0.719. The van der Waals surface area contributed by atoms with Crippen LogP contribution in [0.2, 0.25) is 0 Å². The van der Waals surface area contributed by atoms with Crippen LogP contribution >= 0.6 is 0 Å². The number of likely N-dealkylation sites (tertiary alicyclic amines) is 2. The standard InChI is InChI=1S/C52H88N2O4/c1-4-51(32-57-33-51)31-56-27-26-36-14-24-49-44(28-36)42-10-6-8-12-47(42)53(49)40-20-15-37(16-21-40)38-17-22-41(23-18-38)54-48-13-9-7-11-43(48)45-29-39(19-25-50(45)54)46(30-55-3)52(5-2)34-58-35-52/h36-50H,4-35H2,1-3H3. The minimum Gasteiger partial charge on any atom is -0.384 e. The summed E-state index contributed by atoms with van der Waals surface area (Å²) in [6.07, 6.45) is 36.6. The van der Waals surface area contributed by atoms with Gasteiger partial charge in [0.2, 0.25) is 0 Å². The average molecular weight is 805 g/mol. The molecular formula is C52H88N2O4. The summed E-state index contributed by atoms with van der Waals surface area (Å²) in [6, 6.07) is 5.33. The maximum atomic E-state index is 6.34. The molecule has 0 aromatic rings. The minimum absolute atomic E-state index is 0.326. The van der Waals surface area contributed by atoms with Gasteiger partial charge in [-0.25, -0.2) is 0 Å². The van der Waals surface area contributed by atoms with Crippen molar-refractivity contribution in [3.05, 3.63) is 0 Å². The highest BCUT2D eigenvalue weighted by atomic mass is 16.5. The van der Waals surface area contributed by atoms with Crippen molar-refractivity contribution in [1.82, 2.24) is 9.80 Å². The van der Waals surface area contributed by atoms with E-state index in [1.807, 2.05) is 7.11 Å². The Kier molecular flexibility index (Phi) is 13.0.